The van der Waals surface area contributed by atoms with E-state index in [4.69, 9.17) is 11.6 Å². The van der Waals surface area contributed by atoms with Gasteiger partial charge >= 0.3 is 0 Å². The zero-order valence-electron chi connectivity index (χ0n) is 9.57. The lowest BCUT2D eigenvalue weighted by molar-refractivity contribution is 0.101. The van der Waals surface area contributed by atoms with Crippen LogP contribution in [0, 0.1) is 6.92 Å². The Bertz CT molecular complexity index is 548. The number of para-hydroxylation sites is 1. The van der Waals surface area contributed by atoms with Crippen LogP contribution in [-0.4, -0.2) is 15.7 Å². The molecule has 17 heavy (non-hydrogen) atoms. The Morgan fingerprint density at radius 1 is 1.35 bits per heavy atom. The highest BCUT2D eigenvalue weighted by molar-refractivity contribution is 6.34. The zero-order chi connectivity index (χ0) is 12.4. The van der Waals surface area contributed by atoms with Gasteiger partial charge in [0.1, 0.15) is 5.69 Å². The van der Waals surface area contributed by atoms with Crippen molar-refractivity contribution in [3.05, 3.63) is 46.7 Å². The number of benzene rings is 1. The topological polar surface area (TPSA) is 46.9 Å². The van der Waals surface area contributed by atoms with Crippen LogP contribution >= 0.6 is 11.6 Å². The fourth-order valence-electron chi connectivity index (χ4n) is 1.59. The SMILES string of the molecule is Cc1nn(C)c(C(=O)Nc2ccccc2)c1Cl. The van der Waals surface area contributed by atoms with Crippen molar-refractivity contribution in [3.8, 4) is 0 Å². The molecule has 88 valence electrons. The van der Waals surface area contributed by atoms with E-state index in [1.165, 1.54) is 4.68 Å². The summed E-state index contributed by atoms with van der Waals surface area (Å²) in [4.78, 5) is 12.0. The molecule has 2 rings (SSSR count). The van der Waals surface area contributed by atoms with Gasteiger partial charge in [-0.15, -0.1) is 0 Å². The first-order chi connectivity index (χ1) is 8.09. The van der Waals surface area contributed by atoms with Crippen LogP contribution in [0.25, 0.3) is 0 Å². The number of nitrogens with zero attached hydrogens (tertiary/aromatic N) is 2. The molecule has 0 radical (unpaired) electrons. The van der Waals surface area contributed by atoms with Crippen LogP contribution in [-0.2, 0) is 7.05 Å². The maximum absolute atomic E-state index is 12.0. The quantitative estimate of drug-likeness (QED) is 0.889. The van der Waals surface area contributed by atoms with Gasteiger partial charge in [-0.1, -0.05) is 29.8 Å². The molecule has 1 aromatic heterocycles. The van der Waals surface area contributed by atoms with Gasteiger partial charge in [0.2, 0.25) is 0 Å². The molecule has 0 spiro atoms. The first kappa shape index (κ1) is 11.7. The molecule has 4 nitrogen and oxygen atoms in total. The lowest BCUT2D eigenvalue weighted by Gasteiger charge is -2.05. The Morgan fingerprint density at radius 3 is 2.53 bits per heavy atom. The second-order valence-electron chi connectivity index (χ2n) is 3.69. The van der Waals surface area contributed by atoms with Crippen molar-refractivity contribution in [2.75, 3.05) is 5.32 Å². The third-order valence-electron chi connectivity index (χ3n) is 2.40. The normalized spacial score (nSPS) is 10.3. The van der Waals surface area contributed by atoms with Crippen molar-refractivity contribution in [3.63, 3.8) is 0 Å². The number of rotatable bonds is 2. The molecule has 0 aliphatic rings. The van der Waals surface area contributed by atoms with E-state index in [1.54, 1.807) is 14.0 Å². The molecule has 1 N–H and O–H groups in total. The van der Waals surface area contributed by atoms with Crippen molar-refractivity contribution in [2.45, 2.75) is 6.92 Å². The summed E-state index contributed by atoms with van der Waals surface area (Å²) in [5.41, 5.74) is 1.74. The molecular formula is C12H12ClN3O. The summed E-state index contributed by atoms with van der Waals surface area (Å²) in [5, 5.41) is 7.26. The van der Waals surface area contributed by atoms with Crippen LogP contribution in [0.2, 0.25) is 5.02 Å². The van der Waals surface area contributed by atoms with Gasteiger partial charge in [-0.3, -0.25) is 9.48 Å². The molecule has 0 bridgehead atoms. The highest BCUT2D eigenvalue weighted by atomic mass is 35.5. The van der Waals surface area contributed by atoms with E-state index in [2.05, 4.69) is 10.4 Å². The number of aromatic nitrogens is 2. The average molecular weight is 250 g/mol. The number of anilines is 1. The Labute approximate surface area is 104 Å². The van der Waals surface area contributed by atoms with Gasteiger partial charge in [-0.2, -0.15) is 5.10 Å². The predicted octanol–water partition coefficient (Wildman–Crippen LogP) is 2.63. The highest BCUT2D eigenvalue weighted by Gasteiger charge is 2.18. The van der Waals surface area contributed by atoms with Gasteiger partial charge in [0, 0.05) is 12.7 Å². The van der Waals surface area contributed by atoms with E-state index >= 15 is 0 Å². The van der Waals surface area contributed by atoms with Crippen molar-refractivity contribution in [1.29, 1.82) is 0 Å². The standard InChI is InChI=1S/C12H12ClN3O/c1-8-10(13)11(16(2)15-8)12(17)14-9-6-4-3-5-7-9/h3-7H,1-2H3,(H,14,17). The third kappa shape index (κ3) is 2.31. The number of carbonyl (C=O) groups excluding carboxylic acids is 1. The second-order valence-corrected chi connectivity index (χ2v) is 4.07. The second kappa shape index (κ2) is 4.59. The van der Waals surface area contributed by atoms with E-state index in [-0.39, 0.29) is 5.91 Å². The zero-order valence-corrected chi connectivity index (χ0v) is 10.3. The molecular weight excluding hydrogens is 238 g/mol. The summed E-state index contributed by atoms with van der Waals surface area (Å²) >= 11 is 6.03. The van der Waals surface area contributed by atoms with E-state index in [1.807, 2.05) is 30.3 Å². The molecule has 0 aliphatic carbocycles. The summed E-state index contributed by atoms with van der Waals surface area (Å²) in [7, 11) is 1.69. The number of hydrogen-bond donors (Lipinski definition) is 1. The van der Waals surface area contributed by atoms with Gasteiger partial charge < -0.3 is 5.32 Å². The molecule has 0 saturated carbocycles. The van der Waals surface area contributed by atoms with Crippen LogP contribution in [0.5, 0.6) is 0 Å². The number of carbonyl (C=O) groups is 1. The Morgan fingerprint density at radius 2 is 2.00 bits per heavy atom. The highest BCUT2D eigenvalue weighted by Crippen LogP contribution is 2.20. The van der Waals surface area contributed by atoms with Crippen molar-refractivity contribution >= 4 is 23.2 Å². The van der Waals surface area contributed by atoms with Crippen LogP contribution in [0.3, 0.4) is 0 Å². The minimum atomic E-state index is -0.260. The number of amides is 1. The number of halogens is 1. The van der Waals surface area contributed by atoms with Crippen molar-refractivity contribution < 1.29 is 4.79 Å². The largest absolute Gasteiger partial charge is 0.321 e. The van der Waals surface area contributed by atoms with Crippen LogP contribution in [0.4, 0.5) is 5.69 Å². The minimum Gasteiger partial charge on any atom is -0.321 e. The summed E-state index contributed by atoms with van der Waals surface area (Å²) < 4.78 is 1.48. The fourth-order valence-corrected chi connectivity index (χ4v) is 1.84. The lowest BCUT2D eigenvalue weighted by atomic mass is 10.3. The van der Waals surface area contributed by atoms with E-state index < -0.39 is 0 Å². The van der Waals surface area contributed by atoms with E-state index in [0.717, 1.165) is 5.69 Å². The fraction of sp³-hybridized carbons (Fsp3) is 0.167. The Hall–Kier alpha value is -1.81. The van der Waals surface area contributed by atoms with Gasteiger partial charge in [-0.05, 0) is 19.1 Å². The van der Waals surface area contributed by atoms with Crippen LogP contribution < -0.4 is 5.32 Å². The lowest BCUT2D eigenvalue weighted by Crippen LogP contribution is -2.16. The summed E-state index contributed by atoms with van der Waals surface area (Å²) in [6.45, 7) is 1.77. The molecule has 0 aliphatic heterocycles. The maximum Gasteiger partial charge on any atom is 0.275 e. The van der Waals surface area contributed by atoms with E-state index in [0.29, 0.717) is 16.4 Å². The van der Waals surface area contributed by atoms with E-state index in [9.17, 15) is 4.79 Å². The first-order valence-electron chi connectivity index (χ1n) is 5.15. The average Bonchev–Trinajstić information content (AvgIpc) is 2.54. The van der Waals surface area contributed by atoms with Gasteiger partial charge in [0.05, 0.1) is 10.7 Å². The Balaban J connectivity index is 2.27. The van der Waals surface area contributed by atoms with Crippen molar-refractivity contribution in [1.82, 2.24) is 9.78 Å². The number of aryl methyl sites for hydroxylation is 2. The van der Waals surface area contributed by atoms with Gasteiger partial charge in [0.25, 0.3) is 5.91 Å². The molecule has 1 heterocycles. The molecule has 1 amide bonds. The smallest absolute Gasteiger partial charge is 0.275 e. The van der Waals surface area contributed by atoms with Crippen LogP contribution in [0.15, 0.2) is 30.3 Å². The molecule has 0 atom stereocenters. The first-order valence-corrected chi connectivity index (χ1v) is 5.53. The molecule has 5 heteroatoms. The molecule has 2 aromatic rings. The number of hydrogen-bond acceptors (Lipinski definition) is 2. The summed E-state index contributed by atoms with van der Waals surface area (Å²) in [5.74, 6) is -0.260. The van der Waals surface area contributed by atoms with Gasteiger partial charge in [-0.25, -0.2) is 0 Å². The molecule has 0 unspecified atom stereocenters. The molecule has 0 fully saturated rings. The molecule has 0 saturated heterocycles. The maximum atomic E-state index is 12.0. The summed E-state index contributed by atoms with van der Waals surface area (Å²) in [6, 6.07) is 9.22. The van der Waals surface area contributed by atoms with Gasteiger partial charge in [0.15, 0.2) is 0 Å². The monoisotopic (exact) mass is 249 g/mol. The van der Waals surface area contributed by atoms with Crippen LogP contribution in [0.1, 0.15) is 16.2 Å². The molecule has 1 aromatic carbocycles. The minimum absolute atomic E-state index is 0.260. The summed E-state index contributed by atoms with van der Waals surface area (Å²) in [6.07, 6.45) is 0. The third-order valence-corrected chi connectivity index (χ3v) is 2.85. The van der Waals surface area contributed by atoms with Crippen molar-refractivity contribution in [2.24, 2.45) is 7.05 Å². The Kier molecular flexibility index (Phi) is 3.15. The predicted molar refractivity (Wildman–Crippen MR) is 67.4 cm³/mol. The number of nitrogens with one attached hydrogen (secondary N) is 1.